The molecule has 2 nitrogen and oxygen atoms in total. The quantitative estimate of drug-likeness (QED) is 0.647. The van der Waals surface area contributed by atoms with E-state index in [1.807, 2.05) is 0 Å². The molecule has 0 atom stereocenters. The molecule has 0 fully saturated rings. The molecule has 0 radical (unpaired) electrons. The molecule has 4 heteroatoms. The van der Waals surface area contributed by atoms with Crippen LogP contribution in [0.4, 0.5) is 0 Å². The maximum Gasteiger partial charge on any atom is 0.183 e. The number of rotatable bonds is 7. The van der Waals surface area contributed by atoms with Crippen LogP contribution in [0.25, 0.3) is 0 Å². The summed E-state index contributed by atoms with van der Waals surface area (Å²) in [5.41, 5.74) is 0. The minimum atomic E-state index is -1.38. The monoisotopic (exact) mass is 262 g/mol. The molecule has 0 N–H and O–H groups in total. The Morgan fingerprint density at radius 3 is 1.25 bits per heavy atom. The van der Waals surface area contributed by atoms with E-state index in [9.17, 15) is 0 Å². The third-order valence-corrected chi connectivity index (χ3v) is 4.47. The van der Waals surface area contributed by atoms with Crippen LogP contribution in [-0.4, -0.2) is 29.8 Å². The summed E-state index contributed by atoms with van der Waals surface area (Å²) in [5, 5.41) is 0. The summed E-state index contributed by atoms with van der Waals surface area (Å²) >= 11 is 0. The lowest BCUT2D eigenvalue weighted by Gasteiger charge is -2.28. The Balaban J connectivity index is 4.09. The first-order valence-electron chi connectivity index (χ1n) is 6.29. The highest BCUT2D eigenvalue weighted by Crippen LogP contribution is 2.17. The molecular formula is C12H30O2Si2. The van der Waals surface area contributed by atoms with E-state index in [4.69, 9.17) is 8.85 Å². The van der Waals surface area contributed by atoms with E-state index in [1.165, 1.54) is 0 Å². The second-order valence-electron chi connectivity index (χ2n) is 6.85. The second-order valence-corrected chi connectivity index (χ2v) is 15.9. The van der Waals surface area contributed by atoms with Gasteiger partial charge in [-0.05, 0) is 45.2 Å². The third-order valence-electron chi connectivity index (χ3n) is 2.40. The van der Waals surface area contributed by atoms with E-state index in [0.29, 0.717) is 11.8 Å². The van der Waals surface area contributed by atoms with Gasteiger partial charge in [-0.15, -0.1) is 0 Å². The molecule has 0 spiro atoms. The van der Waals surface area contributed by atoms with Crippen molar-refractivity contribution in [1.82, 2.24) is 0 Å². The first-order valence-corrected chi connectivity index (χ1v) is 13.1. The summed E-state index contributed by atoms with van der Waals surface area (Å²) in [5.74, 6) is 1.17. The first kappa shape index (κ1) is 16.4. The maximum absolute atomic E-state index is 5.99. The largest absolute Gasteiger partial charge is 0.417 e. The third kappa shape index (κ3) is 9.57. The van der Waals surface area contributed by atoms with Gasteiger partial charge in [-0.1, -0.05) is 13.8 Å². The van der Waals surface area contributed by atoms with Crippen molar-refractivity contribution in [3.8, 4) is 0 Å². The minimum Gasteiger partial charge on any atom is -0.417 e. The summed E-state index contributed by atoms with van der Waals surface area (Å²) in [6, 6.07) is 0. The van der Waals surface area contributed by atoms with Gasteiger partial charge in [0.1, 0.15) is 0 Å². The molecule has 98 valence electrons. The number of hydrogen-bond donors (Lipinski definition) is 0. The molecule has 0 saturated heterocycles. The summed E-state index contributed by atoms with van der Waals surface area (Å²) in [7, 11) is -2.77. The summed E-state index contributed by atoms with van der Waals surface area (Å²) < 4.78 is 12.0. The van der Waals surface area contributed by atoms with Crippen molar-refractivity contribution in [2.45, 2.75) is 53.1 Å². The molecule has 16 heavy (non-hydrogen) atoms. The van der Waals surface area contributed by atoms with Gasteiger partial charge in [-0.3, -0.25) is 0 Å². The molecular weight excluding hydrogens is 232 g/mol. The smallest absolute Gasteiger partial charge is 0.183 e. The molecule has 0 amide bonds. The highest BCUT2D eigenvalue weighted by Gasteiger charge is 2.23. The standard InChI is InChI=1S/C12H30O2Si2/c1-11(2)12(9-13-15(3,4)5)10-14-16(6,7)8/h11-12H,9-10H2,1-8H3. The van der Waals surface area contributed by atoms with Crippen molar-refractivity contribution in [3.63, 3.8) is 0 Å². The van der Waals surface area contributed by atoms with E-state index in [2.05, 4.69) is 53.1 Å². The Hall–Kier alpha value is 0.354. The SMILES string of the molecule is CC(C)C(CO[Si](C)(C)C)CO[Si](C)(C)C. The van der Waals surface area contributed by atoms with Gasteiger partial charge >= 0.3 is 0 Å². The van der Waals surface area contributed by atoms with Crippen molar-refractivity contribution >= 4 is 16.6 Å². The fraction of sp³-hybridized carbons (Fsp3) is 1.00. The number of hydrogen-bond acceptors (Lipinski definition) is 2. The zero-order chi connectivity index (χ0) is 13.0. The summed E-state index contributed by atoms with van der Waals surface area (Å²) in [4.78, 5) is 0. The van der Waals surface area contributed by atoms with Crippen LogP contribution in [0.3, 0.4) is 0 Å². The Morgan fingerprint density at radius 1 is 0.750 bits per heavy atom. The van der Waals surface area contributed by atoms with Gasteiger partial charge in [-0.25, -0.2) is 0 Å². The molecule has 0 rings (SSSR count). The van der Waals surface area contributed by atoms with Gasteiger partial charge in [0.25, 0.3) is 0 Å². The molecule has 0 aliphatic rings. The van der Waals surface area contributed by atoms with E-state index in [-0.39, 0.29) is 0 Å². The molecule has 0 aliphatic carbocycles. The Kier molecular flexibility index (Phi) is 6.47. The minimum absolute atomic E-state index is 0.540. The van der Waals surface area contributed by atoms with Crippen molar-refractivity contribution in [2.75, 3.05) is 13.2 Å². The molecule has 0 aromatic heterocycles. The van der Waals surface area contributed by atoms with Crippen molar-refractivity contribution in [3.05, 3.63) is 0 Å². The van der Waals surface area contributed by atoms with Crippen LogP contribution < -0.4 is 0 Å². The molecule has 0 bridgehead atoms. The fourth-order valence-electron chi connectivity index (χ4n) is 1.15. The lowest BCUT2D eigenvalue weighted by Crippen LogP contribution is -2.35. The van der Waals surface area contributed by atoms with Crippen molar-refractivity contribution in [2.24, 2.45) is 11.8 Å². The molecule has 0 aromatic carbocycles. The normalized spacial score (nSPS) is 13.9. The van der Waals surface area contributed by atoms with Gasteiger partial charge < -0.3 is 8.85 Å². The van der Waals surface area contributed by atoms with E-state index in [0.717, 1.165) is 13.2 Å². The van der Waals surface area contributed by atoms with E-state index in [1.54, 1.807) is 0 Å². The van der Waals surface area contributed by atoms with Gasteiger partial charge in [0.2, 0.25) is 0 Å². The second kappa shape index (κ2) is 6.33. The fourth-order valence-corrected chi connectivity index (χ4v) is 2.58. The molecule has 0 heterocycles. The van der Waals surface area contributed by atoms with Crippen LogP contribution in [-0.2, 0) is 8.85 Å². The highest BCUT2D eigenvalue weighted by atomic mass is 28.4. The van der Waals surface area contributed by atoms with Crippen LogP contribution >= 0.6 is 0 Å². The average molecular weight is 263 g/mol. The average Bonchev–Trinajstić information content (AvgIpc) is 1.98. The van der Waals surface area contributed by atoms with E-state index < -0.39 is 16.6 Å². The predicted molar refractivity (Wildman–Crippen MR) is 76.9 cm³/mol. The Labute approximate surface area is 104 Å². The van der Waals surface area contributed by atoms with Gasteiger partial charge in [0.15, 0.2) is 16.6 Å². The van der Waals surface area contributed by atoms with Crippen LogP contribution in [0.5, 0.6) is 0 Å². The Morgan fingerprint density at radius 2 is 1.06 bits per heavy atom. The summed E-state index contributed by atoms with van der Waals surface area (Å²) in [6.07, 6.45) is 0. The lowest BCUT2D eigenvalue weighted by atomic mass is 9.98. The topological polar surface area (TPSA) is 18.5 Å². The predicted octanol–water partition coefficient (Wildman–Crippen LogP) is 3.96. The molecule has 0 saturated carbocycles. The van der Waals surface area contributed by atoms with Crippen molar-refractivity contribution in [1.29, 1.82) is 0 Å². The van der Waals surface area contributed by atoms with Gasteiger partial charge in [-0.2, -0.15) is 0 Å². The van der Waals surface area contributed by atoms with Gasteiger partial charge in [0.05, 0.1) is 0 Å². The van der Waals surface area contributed by atoms with Crippen LogP contribution in [0, 0.1) is 11.8 Å². The summed E-state index contributed by atoms with van der Waals surface area (Å²) in [6.45, 7) is 19.7. The van der Waals surface area contributed by atoms with Gasteiger partial charge in [0, 0.05) is 19.1 Å². The molecule has 0 unspecified atom stereocenters. The van der Waals surface area contributed by atoms with Crippen LogP contribution in [0.1, 0.15) is 13.8 Å². The zero-order valence-electron chi connectivity index (χ0n) is 12.4. The highest BCUT2D eigenvalue weighted by molar-refractivity contribution is 6.70. The molecule has 0 aromatic rings. The first-order chi connectivity index (χ1) is 7.01. The Bertz CT molecular complexity index is 174. The molecule has 0 aliphatic heterocycles. The maximum atomic E-state index is 5.99. The lowest BCUT2D eigenvalue weighted by molar-refractivity contribution is 0.136. The zero-order valence-corrected chi connectivity index (χ0v) is 14.4. The van der Waals surface area contributed by atoms with Crippen LogP contribution in [0.2, 0.25) is 39.3 Å². The van der Waals surface area contributed by atoms with Crippen LogP contribution in [0.15, 0.2) is 0 Å². The van der Waals surface area contributed by atoms with Crippen molar-refractivity contribution < 1.29 is 8.85 Å². The van der Waals surface area contributed by atoms with E-state index >= 15 is 0 Å².